The van der Waals surface area contributed by atoms with Crippen LogP contribution in [0.3, 0.4) is 0 Å². The van der Waals surface area contributed by atoms with E-state index in [2.05, 4.69) is 15.9 Å². The van der Waals surface area contributed by atoms with Gasteiger partial charge in [0.1, 0.15) is 0 Å². The van der Waals surface area contributed by atoms with Gasteiger partial charge in [0.2, 0.25) is 0 Å². The highest BCUT2D eigenvalue weighted by Crippen LogP contribution is 2.33. The molecular formula is C13H8BrF3OS. The van der Waals surface area contributed by atoms with Crippen LogP contribution in [0.2, 0.25) is 0 Å². The van der Waals surface area contributed by atoms with Gasteiger partial charge in [-0.3, -0.25) is 4.79 Å². The third-order valence-corrected chi connectivity index (χ3v) is 4.42. The number of alkyl halides is 3. The average Bonchev–Trinajstić information content (AvgIpc) is 2.75. The van der Waals surface area contributed by atoms with Gasteiger partial charge in [-0.25, -0.2) is 0 Å². The first-order chi connectivity index (χ1) is 8.89. The summed E-state index contributed by atoms with van der Waals surface area (Å²) in [6.07, 6.45) is -4.70. The molecule has 6 heteroatoms. The number of hydrogen-bond donors (Lipinski definition) is 0. The van der Waals surface area contributed by atoms with Gasteiger partial charge in [-0.15, -0.1) is 11.3 Å². The van der Waals surface area contributed by atoms with E-state index >= 15 is 0 Å². The van der Waals surface area contributed by atoms with E-state index in [4.69, 9.17) is 0 Å². The summed E-state index contributed by atoms with van der Waals surface area (Å²) in [5.74, 6) is -0.321. The number of rotatable bonds is 3. The molecule has 19 heavy (non-hydrogen) atoms. The summed E-state index contributed by atoms with van der Waals surface area (Å²) in [6.45, 7) is 0. The van der Waals surface area contributed by atoms with Crippen LogP contribution in [-0.4, -0.2) is 5.78 Å². The maximum atomic E-state index is 12.8. The third-order valence-electron chi connectivity index (χ3n) is 2.54. The Labute approximate surface area is 120 Å². The Hall–Kier alpha value is -1.14. The molecule has 0 bridgehead atoms. The fraction of sp³-hybridized carbons (Fsp3) is 0.154. The molecule has 2 rings (SSSR count). The molecule has 0 saturated carbocycles. The van der Waals surface area contributed by atoms with E-state index in [0.29, 0.717) is 9.35 Å². The van der Waals surface area contributed by atoms with Crippen molar-refractivity contribution in [3.63, 3.8) is 0 Å². The van der Waals surface area contributed by atoms with Gasteiger partial charge in [0, 0.05) is 10.9 Å². The van der Waals surface area contributed by atoms with Crippen molar-refractivity contribution in [1.29, 1.82) is 0 Å². The molecule has 0 aliphatic heterocycles. The normalized spacial score (nSPS) is 11.6. The maximum Gasteiger partial charge on any atom is 0.416 e. The van der Waals surface area contributed by atoms with Crippen molar-refractivity contribution in [1.82, 2.24) is 0 Å². The van der Waals surface area contributed by atoms with Gasteiger partial charge in [-0.2, -0.15) is 13.2 Å². The van der Waals surface area contributed by atoms with Crippen LogP contribution < -0.4 is 0 Å². The van der Waals surface area contributed by atoms with Crippen LogP contribution in [0.5, 0.6) is 0 Å². The van der Waals surface area contributed by atoms with E-state index in [1.165, 1.54) is 29.5 Å². The van der Waals surface area contributed by atoms with E-state index in [1.54, 1.807) is 11.4 Å². The minimum absolute atomic E-state index is 0.000278. The molecule has 1 nitrogen and oxygen atoms in total. The second-order valence-electron chi connectivity index (χ2n) is 3.85. The molecule has 1 heterocycles. The van der Waals surface area contributed by atoms with Gasteiger partial charge in [-0.1, -0.05) is 18.2 Å². The number of carbonyl (C=O) groups is 1. The Morgan fingerprint density at radius 2 is 1.89 bits per heavy atom. The quantitative estimate of drug-likeness (QED) is 0.717. The van der Waals surface area contributed by atoms with Crippen molar-refractivity contribution < 1.29 is 18.0 Å². The Morgan fingerprint density at radius 3 is 2.47 bits per heavy atom. The molecule has 0 aliphatic carbocycles. The number of ketones is 1. The zero-order chi connectivity index (χ0) is 14.0. The second-order valence-corrected chi connectivity index (χ2v) is 5.62. The predicted molar refractivity (Wildman–Crippen MR) is 71.5 cm³/mol. The third kappa shape index (κ3) is 3.25. The van der Waals surface area contributed by atoms with E-state index < -0.39 is 11.7 Å². The highest BCUT2D eigenvalue weighted by Gasteiger charge is 2.33. The lowest BCUT2D eigenvalue weighted by molar-refractivity contribution is -0.138. The van der Waals surface area contributed by atoms with Gasteiger partial charge in [0.25, 0.3) is 0 Å². The fourth-order valence-electron chi connectivity index (χ4n) is 1.70. The van der Waals surface area contributed by atoms with Crippen LogP contribution in [-0.2, 0) is 12.6 Å². The smallest absolute Gasteiger partial charge is 0.293 e. The standard InChI is InChI=1S/C13H8BrF3OS/c14-10-5-6-19-12(10)11(18)7-8-3-1-2-4-9(8)13(15,16)17/h1-6H,7H2. The second kappa shape index (κ2) is 5.46. The predicted octanol–water partition coefficient (Wildman–Crippen LogP) is 4.95. The first-order valence-corrected chi connectivity index (χ1v) is 6.98. The topological polar surface area (TPSA) is 17.1 Å². The summed E-state index contributed by atoms with van der Waals surface area (Å²) in [5, 5.41) is 1.72. The maximum absolute atomic E-state index is 12.8. The lowest BCUT2D eigenvalue weighted by atomic mass is 10.0. The molecule has 0 fully saturated rings. The molecule has 0 radical (unpaired) electrons. The number of thiophene rings is 1. The first-order valence-electron chi connectivity index (χ1n) is 5.31. The van der Waals surface area contributed by atoms with Crippen molar-refractivity contribution in [2.45, 2.75) is 12.6 Å². The molecule has 0 saturated heterocycles. The van der Waals surface area contributed by atoms with Crippen LogP contribution in [0.1, 0.15) is 20.8 Å². The van der Waals surface area contributed by atoms with Crippen molar-refractivity contribution in [2.24, 2.45) is 0 Å². The van der Waals surface area contributed by atoms with Crippen LogP contribution in [0.4, 0.5) is 13.2 Å². The molecule has 0 amide bonds. The van der Waals surface area contributed by atoms with E-state index in [-0.39, 0.29) is 17.8 Å². The van der Waals surface area contributed by atoms with Gasteiger partial charge >= 0.3 is 6.18 Å². The molecular weight excluding hydrogens is 341 g/mol. The molecule has 0 N–H and O–H groups in total. The van der Waals surface area contributed by atoms with Crippen molar-refractivity contribution in [2.75, 3.05) is 0 Å². The Bertz CT molecular complexity index is 604. The molecule has 0 atom stereocenters. The van der Waals surface area contributed by atoms with Gasteiger partial charge in [0.05, 0.1) is 10.4 Å². The lowest BCUT2D eigenvalue weighted by Gasteiger charge is -2.11. The number of halogens is 4. The highest BCUT2D eigenvalue weighted by atomic mass is 79.9. The summed E-state index contributed by atoms with van der Waals surface area (Å²) in [5.41, 5.74) is -0.753. The van der Waals surface area contributed by atoms with Crippen molar-refractivity contribution in [3.05, 3.63) is 56.2 Å². The molecule has 2 aromatic rings. The van der Waals surface area contributed by atoms with E-state index in [9.17, 15) is 18.0 Å². The van der Waals surface area contributed by atoms with Crippen LogP contribution in [0.25, 0.3) is 0 Å². The summed E-state index contributed by atoms with van der Waals surface area (Å²) in [4.78, 5) is 12.4. The van der Waals surface area contributed by atoms with E-state index in [1.807, 2.05) is 0 Å². The summed E-state index contributed by atoms with van der Waals surface area (Å²) in [6, 6.07) is 6.85. The number of carbonyl (C=O) groups excluding carboxylic acids is 1. The van der Waals surface area contributed by atoms with E-state index in [0.717, 1.165) is 6.07 Å². The average molecular weight is 349 g/mol. The van der Waals surface area contributed by atoms with Crippen molar-refractivity contribution in [3.8, 4) is 0 Å². The lowest BCUT2D eigenvalue weighted by Crippen LogP contribution is -2.12. The first kappa shape index (κ1) is 14.3. The van der Waals surface area contributed by atoms with Crippen molar-refractivity contribution >= 4 is 33.0 Å². The molecule has 0 aliphatic rings. The largest absolute Gasteiger partial charge is 0.416 e. The Morgan fingerprint density at radius 1 is 1.21 bits per heavy atom. The van der Waals surface area contributed by atoms with Crippen LogP contribution in [0.15, 0.2) is 40.2 Å². The Kier molecular flexibility index (Phi) is 4.10. The minimum Gasteiger partial charge on any atom is -0.293 e. The van der Waals surface area contributed by atoms with Gasteiger partial charge in [-0.05, 0) is 39.0 Å². The number of Topliss-reactive ketones (excluding diaryl/α,β-unsaturated/α-hetero) is 1. The number of benzene rings is 1. The summed E-state index contributed by atoms with van der Waals surface area (Å²) < 4.78 is 39.0. The fourth-order valence-corrected chi connectivity index (χ4v) is 3.23. The highest BCUT2D eigenvalue weighted by molar-refractivity contribution is 9.10. The molecule has 1 aromatic heterocycles. The van der Waals surface area contributed by atoms with Gasteiger partial charge in [0.15, 0.2) is 5.78 Å². The Balaban J connectivity index is 2.30. The number of hydrogen-bond acceptors (Lipinski definition) is 2. The minimum atomic E-state index is -4.44. The molecule has 0 spiro atoms. The zero-order valence-corrected chi connectivity index (χ0v) is 11.9. The monoisotopic (exact) mass is 348 g/mol. The zero-order valence-electron chi connectivity index (χ0n) is 9.50. The molecule has 0 unspecified atom stereocenters. The molecule has 1 aromatic carbocycles. The summed E-state index contributed by atoms with van der Waals surface area (Å²) in [7, 11) is 0. The summed E-state index contributed by atoms with van der Waals surface area (Å²) >= 11 is 4.42. The van der Waals surface area contributed by atoms with Crippen LogP contribution >= 0.6 is 27.3 Å². The van der Waals surface area contributed by atoms with Crippen LogP contribution in [0, 0.1) is 0 Å². The molecule has 100 valence electrons. The SMILES string of the molecule is O=C(Cc1ccccc1C(F)(F)F)c1sccc1Br. The van der Waals surface area contributed by atoms with Gasteiger partial charge < -0.3 is 0 Å².